The van der Waals surface area contributed by atoms with Gasteiger partial charge >= 0.3 is 5.97 Å². The zero-order valence-electron chi connectivity index (χ0n) is 15.8. The summed E-state index contributed by atoms with van der Waals surface area (Å²) in [5, 5.41) is 0. The highest BCUT2D eigenvalue weighted by Crippen LogP contribution is 2.20. The fourth-order valence-corrected chi connectivity index (χ4v) is 2.91. The minimum atomic E-state index is 0.0526. The van der Waals surface area contributed by atoms with Crippen LogP contribution in [-0.4, -0.2) is 19.1 Å². The monoisotopic (exact) mass is 327 g/mol. The second kappa shape index (κ2) is 17.8. The SMILES string of the molecule is CCCCCCC(CCCCCC)C(=O)OCCCCCCN. The van der Waals surface area contributed by atoms with Crippen molar-refractivity contribution in [2.24, 2.45) is 11.7 Å². The average Bonchev–Trinajstić information content (AvgIpc) is 2.56. The van der Waals surface area contributed by atoms with E-state index in [0.29, 0.717) is 6.61 Å². The number of hydrogen-bond acceptors (Lipinski definition) is 3. The minimum Gasteiger partial charge on any atom is -0.465 e. The van der Waals surface area contributed by atoms with Crippen molar-refractivity contribution in [2.75, 3.05) is 13.2 Å². The van der Waals surface area contributed by atoms with Gasteiger partial charge in [-0.1, -0.05) is 78.1 Å². The third kappa shape index (κ3) is 14.7. The summed E-state index contributed by atoms with van der Waals surface area (Å²) in [6.07, 6.45) is 16.2. The van der Waals surface area contributed by atoms with E-state index in [1.807, 2.05) is 0 Å². The van der Waals surface area contributed by atoms with Crippen LogP contribution < -0.4 is 5.73 Å². The van der Waals surface area contributed by atoms with Crippen LogP contribution in [0.2, 0.25) is 0 Å². The van der Waals surface area contributed by atoms with E-state index in [2.05, 4.69) is 13.8 Å². The number of carbonyl (C=O) groups is 1. The number of rotatable bonds is 17. The van der Waals surface area contributed by atoms with Gasteiger partial charge in [0, 0.05) is 0 Å². The fourth-order valence-electron chi connectivity index (χ4n) is 2.91. The summed E-state index contributed by atoms with van der Waals surface area (Å²) in [4.78, 5) is 12.3. The number of unbranched alkanes of at least 4 members (excludes halogenated alkanes) is 9. The third-order valence-corrected chi connectivity index (χ3v) is 4.49. The quantitative estimate of drug-likeness (QED) is 0.279. The molecule has 0 saturated carbocycles. The first-order valence-electron chi connectivity index (χ1n) is 10.1. The molecule has 0 heterocycles. The standard InChI is InChI=1S/C20H41NO2/c1-3-5-7-11-15-19(16-12-8-6-4-2)20(22)23-18-14-10-9-13-17-21/h19H,3-18,21H2,1-2H3. The summed E-state index contributed by atoms with van der Waals surface area (Å²) in [6, 6.07) is 0. The Morgan fingerprint density at radius 1 is 0.783 bits per heavy atom. The lowest BCUT2D eigenvalue weighted by Gasteiger charge is -2.16. The maximum atomic E-state index is 12.3. The van der Waals surface area contributed by atoms with Crippen molar-refractivity contribution < 1.29 is 9.53 Å². The number of nitrogens with two attached hydrogens (primary N) is 1. The van der Waals surface area contributed by atoms with Crippen LogP contribution in [0.15, 0.2) is 0 Å². The molecule has 138 valence electrons. The van der Waals surface area contributed by atoms with E-state index in [0.717, 1.165) is 57.9 Å². The second-order valence-electron chi connectivity index (χ2n) is 6.77. The molecule has 0 aliphatic carbocycles. The van der Waals surface area contributed by atoms with E-state index in [-0.39, 0.29) is 11.9 Å². The molecular formula is C20H41NO2. The summed E-state index contributed by atoms with van der Waals surface area (Å²) < 4.78 is 5.53. The Balaban J connectivity index is 3.95. The highest BCUT2D eigenvalue weighted by molar-refractivity contribution is 5.72. The van der Waals surface area contributed by atoms with Crippen LogP contribution in [0.3, 0.4) is 0 Å². The molecule has 0 atom stereocenters. The normalized spacial score (nSPS) is 11.1. The van der Waals surface area contributed by atoms with Crippen molar-refractivity contribution >= 4 is 5.97 Å². The van der Waals surface area contributed by atoms with E-state index in [1.165, 1.54) is 38.5 Å². The van der Waals surface area contributed by atoms with E-state index in [9.17, 15) is 4.79 Å². The zero-order chi connectivity index (χ0) is 17.2. The molecule has 0 rings (SSSR count). The molecule has 0 aromatic heterocycles. The Kier molecular flexibility index (Phi) is 17.3. The first-order chi connectivity index (χ1) is 11.3. The molecule has 0 aliphatic rings. The first kappa shape index (κ1) is 22.4. The Hall–Kier alpha value is -0.570. The van der Waals surface area contributed by atoms with E-state index >= 15 is 0 Å². The molecule has 0 amide bonds. The van der Waals surface area contributed by atoms with E-state index in [4.69, 9.17) is 10.5 Å². The molecule has 0 unspecified atom stereocenters. The zero-order valence-corrected chi connectivity index (χ0v) is 15.8. The van der Waals surface area contributed by atoms with Gasteiger partial charge in [-0.15, -0.1) is 0 Å². The van der Waals surface area contributed by atoms with Crippen LogP contribution in [0.25, 0.3) is 0 Å². The highest BCUT2D eigenvalue weighted by Gasteiger charge is 2.19. The Bertz CT molecular complexity index is 244. The van der Waals surface area contributed by atoms with E-state index in [1.54, 1.807) is 0 Å². The van der Waals surface area contributed by atoms with E-state index < -0.39 is 0 Å². The van der Waals surface area contributed by atoms with Crippen molar-refractivity contribution in [1.82, 2.24) is 0 Å². The molecule has 0 aromatic rings. The molecule has 0 radical (unpaired) electrons. The van der Waals surface area contributed by atoms with Gasteiger partial charge in [-0.05, 0) is 32.2 Å². The van der Waals surface area contributed by atoms with Crippen molar-refractivity contribution in [2.45, 2.75) is 104 Å². The highest BCUT2D eigenvalue weighted by atomic mass is 16.5. The maximum absolute atomic E-state index is 12.3. The van der Waals surface area contributed by atoms with Crippen LogP contribution >= 0.6 is 0 Å². The van der Waals surface area contributed by atoms with Crippen LogP contribution in [0.4, 0.5) is 0 Å². The summed E-state index contributed by atoms with van der Waals surface area (Å²) in [7, 11) is 0. The third-order valence-electron chi connectivity index (χ3n) is 4.49. The predicted octanol–water partition coefficient (Wildman–Crippen LogP) is 5.61. The average molecular weight is 328 g/mol. The lowest BCUT2D eigenvalue weighted by molar-refractivity contribution is -0.149. The Labute approximate surface area is 144 Å². The van der Waals surface area contributed by atoms with Gasteiger partial charge in [0.15, 0.2) is 0 Å². The first-order valence-corrected chi connectivity index (χ1v) is 10.1. The molecular weight excluding hydrogens is 286 g/mol. The molecule has 0 fully saturated rings. The summed E-state index contributed by atoms with van der Waals surface area (Å²) in [6.45, 7) is 5.80. The van der Waals surface area contributed by atoms with Gasteiger partial charge in [0.05, 0.1) is 12.5 Å². The van der Waals surface area contributed by atoms with Crippen molar-refractivity contribution in [3.8, 4) is 0 Å². The number of ether oxygens (including phenoxy) is 1. The minimum absolute atomic E-state index is 0.0526. The molecule has 0 aromatic carbocycles. The second-order valence-corrected chi connectivity index (χ2v) is 6.77. The van der Waals surface area contributed by atoms with Crippen LogP contribution in [-0.2, 0) is 9.53 Å². The Morgan fingerprint density at radius 3 is 1.83 bits per heavy atom. The molecule has 0 bridgehead atoms. The van der Waals surface area contributed by atoms with Crippen molar-refractivity contribution in [3.63, 3.8) is 0 Å². The fraction of sp³-hybridized carbons (Fsp3) is 0.950. The summed E-state index contributed by atoms with van der Waals surface area (Å²) >= 11 is 0. The molecule has 0 spiro atoms. The van der Waals surface area contributed by atoms with Gasteiger partial charge in [-0.3, -0.25) is 4.79 Å². The van der Waals surface area contributed by atoms with Gasteiger partial charge < -0.3 is 10.5 Å². The largest absolute Gasteiger partial charge is 0.465 e. The van der Waals surface area contributed by atoms with Crippen LogP contribution in [0, 0.1) is 5.92 Å². The Morgan fingerprint density at radius 2 is 1.30 bits per heavy atom. The van der Waals surface area contributed by atoms with Gasteiger partial charge in [0.2, 0.25) is 0 Å². The molecule has 2 N–H and O–H groups in total. The van der Waals surface area contributed by atoms with Crippen LogP contribution in [0.1, 0.15) is 104 Å². The molecule has 3 heteroatoms. The smallest absolute Gasteiger partial charge is 0.308 e. The van der Waals surface area contributed by atoms with Gasteiger partial charge in [-0.25, -0.2) is 0 Å². The lowest BCUT2D eigenvalue weighted by atomic mass is 9.94. The number of carbonyl (C=O) groups excluding carboxylic acids is 1. The number of hydrogen-bond donors (Lipinski definition) is 1. The number of esters is 1. The summed E-state index contributed by atoms with van der Waals surface area (Å²) in [5.41, 5.74) is 5.48. The van der Waals surface area contributed by atoms with Gasteiger partial charge in [0.1, 0.15) is 0 Å². The summed E-state index contributed by atoms with van der Waals surface area (Å²) in [5.74, 6) is 0.185. The molecule has 0 saturated heterocycles. The van der Waals surface area contributed by atoms with Crippen molar-refractivity contribution in [1.29, 1.82) is 0 Å². The molecule has 23 heavy (non-hydrogen) atoms. The topological polar surface area (TPSA) is 52.3 Å². The maximum Gasteiger partial charge on any atom is 0.308 e. The lowest BCUT2D eigenvalue weighted by Crippen LogP contribution is -2.18. The van der Waals surface area contributed by atoms with Gasteiger partial charge in [-0.2, -0.15) is 0 Å². The molecule has 0 aliphatic heterocycles. The van der Waals surface area contributed by atoms with Crippen LogP contribution in [0.5, 0.6) is 0 Å². The predicted molar refractivity (Wildman–Crippen MR) is 99.5 cm³/mol. The molecule has 3 nitrogen and oxygen atoms in total. The van der Waals surface area contributed by atoms with Gasteiger partial charge in [0.25, 0.3) is 0 Å². The van der Waals surface area contributed by atoms with Crippen molar-refractivity contribution in [3.05, 3.63) is 0 Å².